The standard InChI is InChI=1S/C16H36N.C8H13NO4/c1-5-9-13-17(14-10-6-2,15-11-7-3)16-12-8-4;1-5(10)3-4-7(8(12)13)9-6(2)11/h5-16H2,1-4H3;3-5,7,10H,1-2H3,(H,9,11)(H,12,13)/q+1;/p-1/b;4-3+/t;5-,7-/m.0/s1. The van der Waals surface area contributed by atoms with Gasteiger partial charge < -0.3 is 24.8 Å². The van der Waals surface area contributed by atoms with Crippen molar-refractivity contribution in [1.29, 1.82) is 0 Å². The monoisotopic (exact) mass is 428 g/mol. The Bertz CT molecular complexity index is 427. The molecule has 2 atom stereocenters. The topological polar surface area (TPSA) is 89.5 Å². The van der Waals surface area contributed by atoms with Crippen LogP contribution in [0.3, 0.4) is 0 Å². The lowest BCUT2D eigenvalue weighted by molar-refractivity contribution is -0.929. The molecular weight excluding hydrogens is 380 g/mol. The molecule has 0 spiro atoms. The number of hydrogen-bond donors (Lipinski definition) is 2. The van der Waals surface area contributed by atoms with Gasteiger partial charge in [-0.25, -0.2) is 0 Å². The molecule has 178 valence electrons. The van der Waals surface area contributed by atoms with Gasteiger partial charge in [-0.05, 0) is 32.6 Å². The number of aliphatic hydroxyl groups excluding tert-OH is 1. The number of aliphatic carboxylic acids is 1. The first kappa shape index (κ1) is 30.8. The molecule has 2 N–H and O–H groups in total. The first-order valence-corrected chi connectivity index (χ1v) is 11.9. The summed E-state index contributed by atoms with van der Waals surface area (Å²) in [7, 11) is 0. The van der Waals surface area contributed by atoms with E-state index in [1.54, 1.807) is 0 Å². The fraction of sp³-hybridized carbons (Fsp3) is 0.833. The molecule has 0 radical (unpaired) electrons. The highest BCUT2D eigenvalue weighted by molar-refractivity contribution is 5.82. The van der Waals surface area contributed by atoms with Crippen LogP contribution in [-0.4, -0.2) is 59.8 Å². The molecule has 0 aromatic carbocycles. The lowest BCUT2D eigenvalue weighted by atomic mass is 10.1. The van der Waals surface area contributed by atoms with Gasteiger partial charge in [0.05, 0.1) is 44.3 Å². The van der Waals surface area contributed by atoms with Gasteiger partial charge in [0, 0.05) is 6.92 Å². The number of nitrogens with zero attached hydrogens (tertiary/aromatic N) is 1. The molecule has 6 heteroatoms. The summed E-state index contributed by atoms with van der Waals surface area (Å²) in [6, 6.07) is -1.19. The highest BCUT2D eigenvalue weighted by atomic mass is 16.4. The molecule has 0 aliphatic carbocycles. The first-order chi connectivity index (χ1) is 14.2. The zero-order chi connectivity index (χ0) is 23.4. The number of aliphatic hydroxyl groups is 1. The van der Waals surface area contributed by atoms with Crippen LogP contribution in [0.4, 0.5) is 0 Å². The summed E-state index contributed by atoms with van der Waals surface area (Å²) in [6.07, 6.45) is 12.7. The van der Waals surface area contributed by atoms with E-state index in [1.165, 1.54) is 108 Å². The van der Waals surface area contributed by atoms with Crippen molar-refractivity contribution < 1.29 is 24.3 Å². The summed E-state index contributed by atoms with van der Waals surface area (Å²) in [5.74, 6) is -1.88. The van der Waals surface area contributed by atoms with Gasteiger partial charge in [0.15, 0.2) is 0 Å². The number of amides is 1. The van der Waals surface area contributed by atoms with Gasteiger partial charge in [-0.2, -0.15) is 0 Å². The summed E-state index contributed by atoms with van der Waals surface area (Å²) in [5, 5.41) is 21.3. The third-order valence-corrected chi connectivity index (χ3v) is 5.14. The number of rotatable bonds is 16. The summed E-state index contributed by atoms with van der Waals surface area (Å²) in [6.45, 7) is 17.7. The van der Waals surface area contributed by atoms with Gasteiger partial charge in [-0.1, -0.05) is 65.5 Å². The Hall–Kier alpha value is -1.40. The third kappa shape index (κ3) is 17.5. The van der Waals surface area contributed by atoms with Crippen molar-refractivity contribution in [2.45, 2.75) is 105 Å². The van der Waals surface area contributed by atoms with Crippen LogP contribution in [0.1, 0.15) is 92.9 Å². The molecule has 0 bridgehead atoms. The molecule has 0 aliphatic rings. The largest absolute Gasteiger partial charge is 0.548 e. The second-order valence-electron chi connectivity index (χ2n) is 8.27. The normalized spacial score (nSPS) is 13.4. The summed E-state index contributed by atoms with van der Waals surface area (Å²) >= 11 is 0. The van der Waals surface area contributed by atoms with Crippen molar-refractivity contribution in [1.82, 2.24) is 5.32 Å². The molecule has 0 fully saturated rings. The van der Waals surface area contributed by atoms with E-state index in [-0.39, 0.29) is 0 Å². The van der Waals surface area contributed by atoms with E-state index < -0.39 is 24.0 Å². The maximum atomic E-state index is 10.5. The molecule has 0 unspecified atom stereocenters. The Labute approximate surface area is 185 Å². The number of nitrogens with one attached hydrogen (secondary N) is 1. The van der Waals surface area contributed by atoms with Gasteiger partial charge >= 0.3 is 0 Å². The first-order valence-electron chi connectivity index (χ1n) is 11.9. The van der Waals surface area contributed by atoms with E-state index in [4.69, 9.17) is 5.11 Å². The van der Waals surface area contributed by atoms with Crippen LogP contribution in [0.5, 0.6) is 0 Å². The van der Waals surface area contributed by atoms with Crippen molar-refractivity contribution in [3.63, 3.8) is 0 Å². The van der Waals surface area contributed by atoms with Crippen LogP contribution in [-0.2, 0) is 9.59 Å². The molecule has 0 aromatic rings. The van der Waals surface area contributed by atoms with Crippen molar-refractivity contribution >= 4 is 11.9 Å². The van der Waals surface area contributed by atoms with Crippen molar-refractivity contribution in [2.75, 3.05) is 26.2 Å². The van der Waals surface area contributed by atoms with E-state index in [2.05, 4.69) is 33.0 Å². The minimum Gasteiger partial charge on any atom is -0.548 e. The van der Waals surface area contributed by atoms with Crippen molar-refractivity contribution in [3.05, 3.63) is 12.2 Å². The van der Waals surface area contributed by atoms with Gasteiger partial charge in [-0.3, -0.25) is 4.79 Å². The predicted octanol–water partition coefficient (Wildman–Crippen LogP) is 3.18. The van der Waals surface area contributed by atoms with E-state index in [0.717, 1.165) is 0 Å². The van der Waals surface area contributed by atoms with Crippen LogP contribution in [0.2, 0.25) is 0 Å². The van der Waals surface area contributed by atoms with Gasteiger partial charge in [0.25, 0.3) is 0 Å². The number of hydrogen-bond acceptors (Lipinski definition) is 4. The zero-order valence-corrected chi connectivity index (χ0v) is 20.4. The molecule has 0 rings (SSSR count). The van der Waals surface area contributed by atoms with Crippen molar-refractivity contribution in [3.8, 4) is 0 Å². The maximum Gasteiger partial charge on any atom is 0.217 e. The molecule has 1 amide bonds. The number of carbonyl (C=O) groups is 2. The summed E-state index contributed by atoms with van der Waals surface area (Å²) < 4.78 is 1.42. The van der Waals surface area contributed by atoms with Crippen LogP contribution in [0.25, 0.3) is 0 Å². The number of quaternary nitrogens is 1. The van der Waals surface area contributed by atoms with Crippen LogP contribution in [0.15, 0.2) is 12.2 Å². The fourth-order valence-electron chi connectivity index (χ4n) is 3.32. The maximum absolute atomic E-state index is 10.5. The van der Waals surface area contributed by atoms with Gasteiger partial charge in [-0.15, -0.1) is 0 Å². The van der Waals surface area contributed by atoms with E-state index >= 15 is 0 Å². The van der Waals surface area contributed by atoms with Crippen LogP contribution < -0.4 is 10.4 Å². The third-order valence-electron chi connectivity index (χ3n) is 5.14. The number of unbranched alkanes of at least 4 members (excludes halogenated alkanes) is 4. The average Bonchev–Trinajstić information content (AvgIpc) is 2.70. The SMILES string of the molecule is CC(=O)N[C@@H](/C=C/[C@H](C)O)C(=O)[O-].CCCC[N+](CCCC)(CCCC)CCCC. The number of carbonyl (C=O) groups excluding carboxylic acids is 2. The van der Waals surface area contributed by atoms with E-state index in [9.17, 15) is 14.7 Å². The highest BCUT2D eigenvalue weighted by Gasteiger charge is 2.24. The summed E-state index contributed by atoms with van der Waals surface area (Å²) in [5.41, 5.74) is 0. The van der Waals surface area contributed by atoms with E-state index in [0.29, 0.717) is 0 Å². The summed E-state index contributed by atoms with van der Waals surface area (Å²) in [4.78, 5) is 20.9. The lowest BCUT2D eigenvalue weighted by Gasteiger charge is -2.39. The molecular formula is C24H48N2O4. The Morgan fingerprint density at radius 1 is 0.867 bits per heavy atom. The average molecular weight is 429 g/mol. The highest BCUT2D eigenvalue weighted by Crippen LogP contribution is 2.16. The van der Waals surface area contributed by atoms with Gasteiger partial charge in [0.1, 0.15) is 0 Å². The van der Waals surface area contributed by atoms with Crippen LogP contribution in [0, 0.1) is 0 Å². The molecule has 0 saturated heterocycles. The van der Waals surface area contributed by atoms with Crippen LogP contribution >= 0.6 is 0 Å². The van der Waals surface area contributed by atoms with Gasteiger partial charge in [0.2, 0.25) is 5.91 Å². The lowest BCUT2D eigenvalue weighted by Crippen LogP contribution is -2.50. The van der Waals surface area contributed by atoms with Crippen molar-refractivity contribution in [2.24, 2.45) is 0 Å². The van der Waals surface area contributed by atoms with E-state index in [1.807, 2.05) is 0 Å². The Morgan fingerprint density at radius 3 is 1.47 bits per heavy atom. The zero-order valence-electron chi connectivity index (χ0n) is 20.4. The second kappa shape index (κ2) is 19.6. The molecule has 0 heterocycles. The minimum absolute atomic E-state index is 0.468. The quantitative estimate of drug-likeness (QED) is 0.292. The number of carboxylic acid groups (broad SMARTS) is 1. The fourth-order valence-corrected chi connectivity index (χ4v) is 3.32. The smallest absolute Gasteiger partial charge is 0.217 e. The predicted molar refractivity (Wildman–Crippen MR) is 123 cm³/mol. The molecule has 30 heavy (non-hydrogen) atoms. The Balaban J connectivity index is 0. The molecule has 0 aromatic heterocycles. The number of carboxylic acids is 1. The Morgan fingerprint density at radius 2 is 1.23 bits per heavy atom. The minimum atomic E-state index is -1.41. The molecule has 0 aliphatic heterocycles. The molecule has 6 nitrogen and oxygen atoms in total. The Kier molecular flexibility index (Phi) is 20.1. The second-order valence-corrected chi connectivity index (χ2v) is 8.27. The molecule has 0 saturated carbocycles.